The molecule has 1 aliphatic carbocycles. The minimum Gasteiger partial charge on any atom is -0.348 e. The maximum Gasteiger partial charge on any atom is 0.0921 e. The van der Waals surface area contributed by atoms with Crippen LogP contribution in [0.1, 0.15) is 45.2 Å². The van der Waals surface area contributed by atoms with Crippen LogP contribution in [-0.4, -0.2) is 9.97 Å². The van der Waals surface area contributed by atoms with Crippen LogP contribution in [0.2, 0.25) is 0 Å². The van der Waals surface area contributed by atoms with Gasteiger partial charge in [-0.2, -0.15) is 0 Å². The van der Waals surface area contributed by atoms with Crippen LogP contribution in [0.5, 0.6) is 0 Å². The molecule has 2 rings (SSSR count). The van der Waals surface area contributed by atoms with Crippen molar-refractivity contribution in [1.82, 2.24) is 9.97 Å². The van der Waals surface area contributed by atoms with Crippen molar-refractivity contribution in [1.29, 1.82) is 0 Å². The third-order valence-corrected chi connectivity index (χ3v) is 3.56. The van der Waals surface area contributed by atoms with E-state index in [2.05, 4.69) is 23.8 Å². The second kappa shape index (κ2) is 4.65. The molecule has 0 aromatic carbocycles. The molecule has 0 aliphatic heterocycles. The minimum absolute atomic E-state index is 0.823. The van der Waals surface area contributed by atoms with Gasteiger partial charge in [0, 0.05) is 11.9 Å². The zero-order valence-corrected chi connectivity index (χ0v) is 9.71. The summed E-state index contributed by atoms with van der Waals surface area (Å²) in [6.07, 6.45) is 10.1. The van der Waals surface area contributed by atoms with Gasteiger partial charge in [0.05, 0.1) is 6.33 Å². The number of hydrogen-bond donors (Lipinski definition) is 1. The molecule has 0 bridgehead atoms. The summed E-state index contributed by atoms with van der Waals surface area (Å²) in [5.41, 5.74) is 4.61. The van der Waals surface area contributed by atoms with E-state index in [4.69, 9.17) is 0 Å². The number of aromatic amines is 1. The molecule has 0 spiro atoms. The van der Waals surface area contributed by atoms with Crippen LogP contribution in [-0.2, 0) is 6.42 Å². The molecule has 1 aromatic heterocycles. The van der Waals surface area contributed by atoms with Crippen LogP contribution in [0.4, 0.5) is 0 Å². The summed E-state index contributed by atoms with van der Waals surface area (Å²) in [5.74, 6) is 0.823. The Kier molecular flexibility index (Phi) is 3.24. The van der Waals surface area contributed by atoms with E-state index < -0.39 is 0 Å². The van der Waals surface area contributed by atoms with Gasteiger partial charge in [0.1, 0.15) is 0 Å². The first-order chi connectivity index (χ1) is 7.29. The van der Waals surface area contributed by atoms with E-state index in [1.165, 1.54) is 31.4 Å². The molecule has 1 N–H and O–H groups in total. The molecule has 15 heavy (non-hydrogen) atoms. The fourth-order valence-electron chi connectivity index (χ4n) is 2.55. The molecule has 82 valence electrons. The summed E-state index contributed by atoms with van der Waals surface area (Å²) in [5, 5.41) is 0. The summed E-state index contributed by atoms with van der Waals surface area (Å²) in [6, 6.07) is 0. The van der Waals surface area contributed by atoms with E-state index >= 15 is 0 Å². The highest BCUT2D eigenvalue weighted by atomic mass is 14.9. The lowest BCUT2D eigenvalue weighted by Gasteiger charge is -2.25. The number of nitrogens with zero attached hydrogens (tertiary/aromatic N) is 1. The quantitative estimate of drug-likeness (QED) is 0.750. The molecule has 0 fully saturated rings. The van der Waals surface area contributed by atoms with Crippen molar-refractivity contribution >= 4 is 0 Å². The van der Waals surface area contributed by atoms with Crippen LogP contribution >= 0.6 is 0 Å². The average Bonchev–Trinajstić information content (AvgIpc) is 2.73. The third-order valence-electron chi connectivity index (χ3n) is 3.56. The first-order valence-corrected chi connectivity index (χ1v) is 5.94. The Balaban J connectivity index is 1.97. The number of hydrogen-bond acceptors (Lipinski definition) is 1. The minimum atomic E-state index is 0.823. The van der Waals surface area contributed by atoms with Crippen molar-refractivity contribution in [2.24, 2.45) is 5.92 Å². The Bertz CT molecular complexity index is 335. The van der Waals surface area contributed by atoms with Crippen LogP contribution in [0.3, 0.4) is 0 Å². The fraction of sp³-hybridized carbons (Fsp3) is 0.615. The van der Waals surface area contributed by atoms with Crippen LogP contribution in [0.25, 0.3) is 0 Å². The van der Waals surface area contributed by atoms with E-state index in [1.54, 1.807) is 17.5 Å². The number of allylic oxidation sites excluding steroid dienone is 2. The lowest BCUT2D eigenvalue weighted by Crippen LogP contribution is -2.12. The molecular formula is C13H20N2. The van der Waals surface area contributed by atoms with Gasteiger partial charge in [-0.15, -0.1) is 0 Å². The zero-order valence-electron chi connectivity index (χ0n) is 9.71. The first-order valence-electron chi connectivity index (χ1n) is 5.94. The zero-order chi connectivity index (χ0) is 10.7. The number of rotatable bonds is 3. The predicted octanol–water partition coefficient (Wildman–Crippen LogP) is 3.48. The molecule has 0 amide bonds. The lowest BCUT2D eigenvalue weighted by atomic mass is 9.81. The van der Waals surface area contributed by atoms with Gasteiger partial charge in [-0.25, -0.2) is 4.98 Å². The Morgan fingerprint density at radius 2 is 2.40 bits per heavy atom. The summed E-state index contributed by atoms with van der Waals surface area (Å²) in [7, 11) is 0. The molecule has 1 atom stereocenters. The normalized spacial score (nSPS) is 22.1. The van der Waals surface area contributed by atoms with E-state index in [1.807, 2.05) is 6.20 Å². The van der Waals surface area contributed by atoms with Gasteiger partial charge in [0.15, 0.2) is 0 Å². The fourth-order valence-corrected chi connectivity index (χ4v) is 2.55. The van der Waals surface area contributed by atoms with Crippen LogP contribution < -0.4 is 0 Å². The molecule has 0 radical (unpaired) electrons. The molecular weight excluding hydrogens is 184 g/mol. The monoisotopic (exact) mass is 204 g/mol. The average molecular weight is 204 g/mol. The Morgan fingerprint density at radius 3 is 3.07 bits per heavy atom. The van der Waals surface area contributed by atoms with Crippen molar-refractivity contribution in [2.45, 2.75) is 46.0 Å². The number of nitrogens with one attached hydrogen (secondary N) is 1. The molecule has 0 saturated heterocycles. The maximum atomic E-state index is 4.07. The standard InChI is InChI=1S/C13H20N2/c1-3-12-6-11(5-4-10(12)2)7-13-8-14-9-15-13/h8-9,11H,3-7H2,1-2H3,(H,14,15)/t11-/m1/s1. The first kappa shape index (κ1) is 10.5. The highest BCUT2D eigenvalue weighted by molar-refractivity contribution is 5.16. The van der Waals surface area contributed by atoms with Crippen molar-refractivity contribution in [3.8, 4) is 0 Å². The molecule has 0 unspecified atom stereocenters. The van der Waals surface area contributed by atoms with Gasteiger partial charge in [0.2, 0.25) is 0 Å². The highest BCUT2D eigenvalue weighted by Gasteiger charge is 2.18. The largest absolute Gasteiger partial charge is 0.348 e. The smallest absolute Gasteiger partial charge is 0.0921 e. The van der Waals surface area contributed by atoms with Gasteiger partial charge < -0.3 is 4.98 Å². The summed E-state index contributed by atoms with van der Waals surface area (Å²) >= 11 is 0. The van der Waals surface area contributed by atoms with E-state index in [0.29, 0.717) is 0 Å². The summed E-state index contributed by atoms with van der Waals surface area (Å²) in [6.45, 7) is 4.57. The van der Waals surface area contributed by atoms with Crippen molar-refractivity contribution in [3.05, 3.63) is 29.4 Å². The number of aromatic nitrogens is 2. The molecule has 1 aliphatic rings. The molecule has 1 aromatic rings. The lowest BCUT2D eigenvalue weighted by molar-refractivity contribution is 0.443. The molecule has 0 saturated carbocycles. The molecule has 2 heteroatoms. The maximum absolute atomic E-state index is 4.07. The number of imidazole rings is 1. The Morgan fingerprint density at radius 1 is 1.53 bits per heavy atom. The second-order valence-electron chi connectivity index (χ2n) is 4.63. The van der Waals surface area contributed by atoms with Gasteiger partial charge in [-0.3, -0.25) is 0 Å². The van der Waals surface area contributed by atoms with E-state index in [9.17, 15) is 0 Å². The summed E-state index contributed by atoms with van der Waals surface area (Å²) < 4.78 is 0. The SMILES string of the molecule is CCC1=C(C)CC[C@@H](Cc2cnc[nH]2)C1. The van der Waals surface area contributed by atoms with Crippen molar-refractivity contribution in [2.75, 3.05) is 0 Å². The van der Waals surface area contributed by atoms with Crippen LogP contribution in [0, 0.1) is 5.92 Å². The molecule has 1 heterocycles. The van der Waals surface area contributed by atoms with Crippen LogP contribution in [0.15, 0.2) is 23.7 Å². The Labute approximate surface area is 91.8 Å². The number of H-pyrrole nitrogens is 1. The van der Waals surface area contributed by atoms with Gasteiger partial charge in [0.25, 0.3) is 0 Å². The van der Waals surface area contributed by atoms with Gasteiger partial charge in [-0.05, 0) is 44.9 Å². The highest BCUT2D eigenvalue weighted by Crippen LogP contribution is 2.32. The van der Waals surface area contributed by atoms with Gasteiger partial charge in [-0.1, -0.05) is 18.1 Å². The Hall–Kier alpha value is -1.05. The molecule has 2 nitrogen and oxygen atoms in total. The van der Waals surface area contributed by atoms with Crippen molar-refractivity contribution in [3.63, 3.8) is 0 Å². The topological polar surface area (TPSA) is 28.7 Å². The summed E-state index contributed by atoms with van der Waals surface area (Å²) in [4.78, 5) is 7.28. The third kappa shape index (κ3) is 2.49. The van der Waals surface area contributed by atoms with E-state index in [-0.39, 0.29) is 0 Å². The van der Waals surface area contributed by atoms with E-state index in [0.717, 1.165) is 12.3 Å². The van der Waals surface area contributed by atoms with Gasteiger partial charge >= 0.3 is 0 Å². The second-order valence-corrected chi connectivity index (χ2v) is 4.63. The van der Waals surface area contributed by atoms with Crippen molar-refractivity contribution < 1.29 is 0 Å². The predicted molar refractivity (Wildman–Crippen MR) is 62.6 cm³/mol.